The molecule has 5 nitrogen and oxygen atoms in total. The van der Waals surface area contributed by atoms with Crippen molar-refractivity contribution in [2.45, 2.75) is 25.8 Å². The average Bonchev–Trinajstić information content (AvgIpc) is 2.26. The minimum absolute atomic E-state index is 0.0247. The molecule has 3 N–H and O–H groups in total. The zero-order valence-corrected chi connectivity index (χ0v) is 9.19. The lowest BCUT2D eigenvalue weighted by Crippen LogP contribution is -2.34. The second-order valence-electron chi connectivity index (χ2n) is 3.67. The molecule has 0 bridgehead atoms. The van der Waals surface area contributed by atoms with Crippen LogP contribution in [-0.4, -0.2) is 28.6 Å². The first-order valence-electron chi connectivity index (χ1n) is 5.24. The summed E-state index contributed by atoms with van der Waals surface area (Å²) in [6, 6.07) is 4.41. The summed E-state index contributed by atoms with van der Waals surface area (Å²) in [4.78, 5) is 25.1. The van der Waals surface area contributed by atoms with Crippen molar-refractivity contribution in [3.05, 3.63) is 34.2 Å². The molecule has 1 aromatic rings. The van der Waals surface area contributed by atoms with Crippen molar-refractivity contribution in [2.75, 3.05) is 6.61 Å². The van der Waals surface area contributed by atoms with Crippen molar-refractivity contribution < 1.29 is 9.90 Å². The van der Waals surface area contributed by atoms with Gasteiger partial charge in [0.25, 0.3) is 5.91 Å². The van der Waals surface area contributed by atoms with E-state index in [1.807, 2.05) is 6.92 Å². The normalized spacial score (nSPS) is 12.1. The number of aliphatic hydroxyl groups excluding tert-OH is 1. The van der Waals surface area contributed by atoms with Gasteiger partial charge in [-0.1, -0.05) is 6.07 Å². The minimum atomic E-state index is -0.303. The average molecular weight is 224 g/mol. The van der Waals surface area contributed by atoms with Gasteiger partial charge in [-0.15, -0.1) is 0 Å². The van der Waals surface area contributed by atoms with Gasteiger partial charge in [0.15, 0.2) is 0 Å². The highest BCUT2D eigenvalue weighted by Crippen LogP contribution is 1.97. The molecule has 88 valence electrons. The molecule has 1 atom stereocenters. The van der Waals surface area contributed by atoms with Gasteiger partial charge in [-0.25, -0.2) is 0 Å². The SMILES string of the molecule is CC(CCCO)NC(=O)c1cccc(=O)[nH]1. The summed E-state index contributed by atoms with van der Waals surface area (Å²) in [5.41, 5.74) is -0.0426. The number of rotatable bonds is 5. The Labute approximate surface area is 93.5 Å². The highest BCUT2D eigenvalue weighted by atomic mass is 16.3. The maximum absolute atomic E-state index is 11.6. The number of H-pyrrole nitrogens is 1. The van der Waals surface area contributed by atoms with Gasteiger partial charge in [0.1, 0.15) is 5.69 Å². The summed E-state index contributed by atoms with van der Waals surface area (Å²) in [6.07, 6.45) is 1.35. The first kappa shape index (κ1) is 12.4. The zero-order valence-electron chi connectivity index (χ0n) is 9.19. The molecule has 16 heavy (non-hydrogen) atoms. The van der Waals surface area contributed by atoms with Crippen LogP contribution in [0, 0.1) is 0 Å². The van der Waals surface area contributed by atoms with Crippen LogP contribution >= 0.6 is 0 Å². The lowest BCUT2D eigenvalue weighted by molar-refractivity contribution is 0.0931. The number of hydrogen-bond donors (Lipinski definition) is 3. The molecular formula is C11H16N2O3. The first-order valence-corrected chi connectivity index (χ1v) is 5.24. The Balaban J connectivity index is 2.55. The molecule has 0 radical (unpaired) electrons. The predicted molar refractivity (Wildman–Crippen MR) is 60.3 cm³/mol. The van der Waals surface area contributed by atoms with Crippen LogP contribution in [0.2, 0.25) is 0 Å². The van der Waals surface area contributed by atoms with E-state index >= 15 is 0 Å². The van der Waals surface area contributed by atoms with E-state index < -0.39 is 0 Å². The second-order valence-corrected chi connectivity index (χ2v) is 3.67. The number of pyridine rings is 1. The van der Waals surface area contributed by atoms with E-state index in [1.54, 1.807) is 6.07 Å². The molecule has 0 aliphatic carbocycles. The molecule has 5 heteroatoms. The van der Waals surface area contributed by atoms with Gasteiger partial charge in [0.2, 0.25) is 5.56 Å². The summed E-state index contributed by atoms with van der Waals surface area (Å²) < 4.78 is 0. The summed E-state index contributed by atoms with van der Waals surface area (Å²) in [6.45, 7) is 1.97. The molecule has 1 heterocycles. The maximum atomic E-state index is 11.6. The maximum Gasteiger partial charge on any atom is 0.268 e. The summed E-state index contributed by atoms with van der Waals surface area (Å²) in [5.74, 6) is -0.303. The van der Waals surface area contributed by atoms with Crippen molar-refractivity contribution in [1.82, 2.24) is 10.3 Å². The topological polar surface area (TPSA) is 82.2 Å². The summed E-state index contributed by atoms with van der Waals surface area (Å²) in [5, 5.41) is 11.4. The Morgan fingerprint density at radius 1 is 1.56 bits per heavy atom. The third-order valence-electron chi connectivity index (χ3n) is 2.19. The predicted octanol–water partition coefficient (Wildman–Crippen LogP) is 0.266. The number of aromatic amines is 1. The van der Waals surface area contributed by atoms with Crippen molar-refractivity contribution in [3.63, 3.8) is 0 Å². The van der Waals surface area contributed by atoms with Gasteiger partial charge in [-0.05, 0) is 25.8 Å². The van der Waals surface area contributed by atoms with Crippen molar-refractivity contribution in [2.24, 2.45) is 0 Å². The Kier molecular flexibility index (Phi) is 4.72. The molecular weight excluding hydrogens is 208 g/mol. The van der Waals surface area contributed by atoms with Gasteiger partial charge in [-0.3, -0.25) is 9.59 Å². The molecule has 1 aromatic heterocycles. The van der Waals surface area contributed by atoms with Crippen LogP contribution in [-0.2, 0) is 0 Å². The monoisotopic (exact) mass is 224 g/mol. The number of aromatic nitrogens is 1. The van der Waals surface area contributed by atoms with Crippen LogP contribution in [0.15, 0.2) is 23.0 Å². The molecule has 1 unspecified atom stereocenters. The standard InChI is InChI=1S/C11H16N2O3/c1-8(4-3-7-14)12-11(16)9-5-2-6-10(15)13-9/h2,5-6,8,14H,3-4,7H2,1H3,(H,12,16)(H,13,15). The molecule has 0 aliphatic rings. The van der Waals surface area contributed by atoms with E-state index in [9.17, 15) is 9.59 Å². The summed E-state index contributed by atoms with van der Waals surface area (Å²) >= 11 is 0. The lowest BCUT2D eigenvalue weighted by Gasteiger charge is -2.12. The molecule has 0 aliphatic heterocycles. The largest absolute Gasteiger partial charge is 0.396 e. The molecule has 0 saturated heterocycles. The van der Waals surface area contributed by atoms with Crippen LogP contribution in [0.25, 0.3) is 0 Å². The van der Waals surface area contributed by atoms with Crippen LogP contribution < -0.4 is 10.9 Å². The Hall–Kier alpha value is -1.62. The molecule has 0 aromatic carbocycles. The lowest BCUT2D eigenvalue weighted by atomic mass is 10.2. The van der Waals surface area contributed by atoms with Gasteiger partial charge >= 0.3 is 0 Å². The van der Waals surface area contributed by atoms with E-state index in [-0.39, 0.29) is 29.8 Å². The van der Waals surface area contributed by atoms with Crippen LogP contribution in [0.5, 0.6) is 0 Å². The molecule has 1 rings (SSSR count). The third-order valence-corrected chi connectivity index (χ3v) is 2.19. The van der Waals surface area contributed by atoms with E-state index in [4.69, 9.17) is 5.11 Å². The van der Waals surface area contributed by atoms with E-state index in [0.29, 0.717) is 12.8 Å². The molecule has 0 saturated carbocycles. The number of carbonyl (C=O) groups excluding carboxylic acids is 1. The second kappa shape index (κ2) is 6.07. The van der Waals surface area contributed by atoms with E-state index in [1.165, 1.54) is 12.1 Å². The fourth-order valence-electron chi connectivity index (χ4n) is 1.35. The fourth-order valence-corrected chi connectivity index (χ4v) is 1.35. The number of hydrogen-bond acceptors (Lipinski definition) is 3. The fraction of sp³-hybridized carbons (Fsp3) is 0.455. The smallest absolute Gasteiger partial charge is 0.268 e. The Morgan fingerprint density at radius 2 is 2.31 bits per heavy atom. The number of aliphatic hydroxyl groups is 1. The molecule has 0 fully saturated rings. The van der Waals surface area contributed by atoms with E-state index in [2.05, 4.69) is 10.3 Å². The first-order chi connectivity index (χ1) is 7.63. The number of nitrogens with one attached hydrogen (secondary N) is 2. The van der Waals surface area contributed by atoms with Crippen molar-refractivity contribution >= 4 is 5.91 Å². The Morgan fingerprint density at radius 3 is 2.94 bits per heavy atom. The molecule has 1 amide bonds. The van der Waals surface area contributed by atoms with Crippen LogP contribution in [0.4, 0.5) is 0 Å². The molecule has 0 spiro atoms. The third kappa shape index (κ3) is 3.86. The highest BCUT2D eigenvalue weighted by molar-refractivity contribution is 5.92. The number of carbonyl (C=O) groups is 1. The van der Waals surface area contributed by atoms with Gasteiger partial charge < -0.3 is 15.4 Å². The number of amides is 1. The van der Waals surface area contributed by atoms with Crippen molar-refractivity contribution in [3.8, 4) is 0 Å². The minimum Gasteiger partial charge on any atom is -0.396 e. The zero-order chi connectivity index (χ0) is 12.0. The summed E-state index contributed by atoms with van der Waals surface area (Å²) in [7, 11) is 0. The Bertz CT molecular complexity index is 400. The van der Waals surface area contributed by atoms with Crippen LogP contribution in [0.3, 0.4) is 0 Å². The van der Waals surface area contributed by atoms with Gasteiger partial charge in [-0.2, -0.15) is 0 Å². The highest BCUT2D eigenvalue weighted by Gasteiger charge is 2.09. The van der Waals surface area contributed by atoms with E-state index in [0.717, 1.165) is 0 Å². The van der Waals surface area contributed by atoms with Gasteiger partial charge in [0, 0.05) is 18.7 Å². The van der Waals surface area contributed by atoms with Gasteiger partial charge in [0.05, 0.1) is 0 Å². The van der Waals surface area contributed by atoms with Crippen molar-refractivity contribution in [1.29, 1.82) is 0 Å². The quantitative estimate of drug-likeness (QED) is 0.671. The van der Waals surface area contributed by atoms with Crippen LogP contribution in [0.1, 0.15) is 30.3 Å².